The van der Waals surface area contributed by atoms with Crippen molar-refractivity contribution in [3.8, 4) is 11.5 Å². The van der Waals surface area contributed by atoms with Gasteiger partial charge in [-0.2, -0.15) is 0 Å². The van der Waals surface area contributed by atoms with E-state index in [0.29, 0.717) is 31.2 Å². The molecule has 0 radical (unpaired) electrons. The summed E-state index contributed by atoms with van der Waals surface area (Å²) in [6.07, 6.45) is 5.51. The molecule has 1 aliphatic carbocycles. The average molecular weight is 476 g/mol. The Labute approximate surface area is 205 Å². The molecular weight excluding hydrogens is 442 g/mol. The number of nitrogens with zero attached hydrogens (tertiary/aromatic N) is 1. The molecule has 2 aliphatic rings. The molecule has 0 bridgehead atoms. The molecule has 5 rings (SSSR count). The highest BCUT2D eigenvalue weighted by atomic mass is 16.5. The van der Waals surface area contributed by atoms with Gasteiger partial charge in [-0.05, 0) is 61.9 Å². The summed E-state index contributed by atoms with van der Waals surface area (Å²) in [6, 6.07) is 13.7. The van der Waals surface area contributed by atoms with Crippen LogP contribution in [0.15, 0.2) is 48.7 Å². The van der Waals surface area contributed by atoms with Crippen LogP contribution in [0.4, 0.5) is 0 Å². The minimum absolute atomic E-state index is 0.0701. The summed E-state index contributed by atoms with van der Waals surface area (Å²) in [4.78, 5) is 31.1. The van der Waals surface area contributed by atoms with Crippen LogP contribution in [0.2, 0.25) is 0 Å². The largest absolute Gasteiger partial charge is 0.493 e. The summed E-state index contributed by atoms with van der Waals surface area (Å²) >= 11 is 0. The molecule has 2 unspecified atom stereocenters. The van der Waals surface area contributed by atoms with Crippen LogP contribution in [-0.2, 0) is 9.59 Å². The molecule has 2 heterocycles. The summed E-state index contributed by atoms with van der Waals surface area (Å²) in [5.74, 6) is 1.46. The van der Waals surface area contributed by atoms with E-state index in [0.717, 1.165) is 47.7 Å². The van der Waals surface area contributed by atoms with Gasteiger partial charge in [0.1, 0.15) is 6.04 Å². The third-order valence-electron chi connectivity index (χ3n) is 7.13. The molecule has 2 fully saturated rings. The van der Waals surface area contributed by atoms with Crippen molar-refractivity contribution in [2.24, 2.45) is 5.92 Å². The van der Waals surface area contributed by atoms with Crippen LogP contribution in [0, 0.1) is 5.92 Å². The highest BCUT2D eigenvalue weighted by Gasteiger charge is 2.41. The van der Waals surface area contributed by atoms with Gasteiger partial charge in [-0.25, -0.2) is 0 Å². The van der Waals surface area contributed by atoms with Crippen molar-refractivity contribution in [2.45, 2.75) is 44.6 Å². The van der Waals surface area contributed by atoms with Crippen molar-refractivity contribution >= 4 is 22.7 Å². The molecule has 2 aromatic carbocycles. The predicted octanol–water partition coefficient (Wildman–Crippen LogP) is 4.22. The molecule has 1 saturated carbocycles. The molecule has 3 aromatic rings. The van der Waals surface area contributed by atoms with Crippen molar-refractivity contribution < 1.29 is 19.1 Å². The fraction of sp³-hybridized carbons (Fsp3) is 0.429. The Hall–Kier alpha value is -3.48. The lowest BCUT2D eigenvalue weighted by Crippen LogP contribution is -2.47. The van der Waals surface area contributed by atoms with Crippen LogP contribution < -0.4 is 14.8 Å². The maximum absolute atomic E-state index is 13.3. The summed E-state index contributed by atoms with van der Waals surface area (Å²) in [7, 11) is 1.63. The van der Waals surface area contributed by atoms with Crippen LogP contribution in [0.1, 0.15) is 49.7 Å². The number of H-pyrrole nitrogens is 1. The summed E-state index contributed by atoms with van der Waals surface area (Å²) in [5, 5.41) is 4.30. The second-order valence-electron chi connectivity index (χ2n) is 9.39. The molecule has 2 N–H and O–H groups in total. The molecule has 1 aliphatic heterocycles. The highest BCUT2D eigenvalue weighted by molar-refractivity contribution is 5.90. The van der Waals surface area contributed by atoms with Gasteiger partial charge in [0, 0.05) is 42.0 Å². The van der Waals surface area contributed by atoms with Gasteiger partial charge in [0.25, 0.3) is 0 Å². The zero-order valence-electron chi connectivity index (χ0n) is 20.4. The lowest BCUT2D eigenvalue weighted by Gasteiger charge is -2.25. The normalized spacial score (nSPS) is 18.5. The van der Waals surface area contributed by atoms with Gasteiger partial charge in [0.15, 0.2) is 11.5 Å². The Balaban J connectivity index is 1.42. The Bertz CT molecular complexity index is 1220. The van der Waals surface area contributed by atoms with E-state index < -0.39 is 0 Å². The van der Waals surface area contributed by atoms with E-state index in [2.05, 4.69) is 16.4 Å². The number of hydrogen-bond acceptors (Lipinski definition) is 4. The standard InChI is InChI=1S/C28H33N3O4/c1-3-35-25-13-12-19(15-26(25)34-2)21(22-17-29-23-8-5-4-7-20(22)23)16-30-27(32)24-9-6-14-31(24)28(33)18-10-11-18/h4-5,7-8,12-13,15,17-18,21,24,29H,3,6,9-11,14,16H2,1-2H3,(H,30,32). The lowest BCUT2D eigenvalue weighted by atomic mass is 9.90. The van der Waals surface area contributed by atoms with E-state index in [1.807, 2.05) is 49.5 Å². The van der Waals surface area contributed by atoms with Crippen LogP contribution in [0.3, 0.4) is 0 Å². The summed E-state index contributed by atoms with van der Waals surface area (Å²) < 4.78 is 11.3. The molecule has 0 spiro atoms. The minimum Gasteiger partial charge on any atom is -0.493 e. The Morgan fingerprint density at radius 1 is 1.14 bits per heavy atom. The van der Waals surface area contributed by atoms with E-state index in [4.69, 9.17) is 9.47 Å². The SMILES string of the molecule is CCOc1ccc(C(CNC(=O)C2CCCN2C(=O)C2CC2)c2c[nH]c3ccccc23)cc1OC. The lowest BCUT2D eigenvalue weighted by molar-refractivity contribution is -0.139. The molecule has 7 heteroatoms. The quantitative estimate of drug-likeness (QED) is 0.485. The first-order chi connectivity index (χ1) is 17.1. The van der Waals surface area contributed by atoms with Crippen LogP contribution >= 0.6 is 0 Å². The number of ether oxygens (including phenoxy) is 2. The van der Waals surface area contributed by atoms with E-state index >= 15 is 0 Å². The number of methoxy groups -OCH3 is 1. The summed E-state index contributed by atoms with van der Waals surface area (Å²) in [5.41, 5.74) is 3.17. The number of carbonyl (C=O) groups excluding carboxylic acids is 2. The molecule has 2 amide bonds. The molecular formula is C28H33N3O4. The third-order valence-corrected chi connectivity index (χ3v) is 7.13. The highest BCUT2D eigenvalue weighted by Crippen LogP contribution is 2.36. The Morgan fingerprint density at radius 2 is 1.97 bits per heavy atom. The monoisotopic (exact) mass is 475 g/mol. The van der Waals surface area contributed by atoms with Crippen LogP contribution in [0.25, 0.3) is 10.9 Å². The zero-order chi connectivity index (χ0) is 24.4. The van der Waals surface area contributed by atoms with E-state index in [1.54, 1.807) is 12.0 Å². The minimum atomic E-state index is -0.374. The maximum Gasteiger partial charge on any atom is 0.242 e. The fourth-order valence-corrected chi connectivity index (χ4v) is 5.15. The second kappa shape index (κ2) is 10.0. The van der Waals surface area contributed by atoms with Gasteiger partial charge in [-0.3, -0.25) is 9.59 Å². The number of fused-ring (bicyclic) bond motifs is 1. The molecule has 2 atom stereocenters. The van der Waals surface area contributed by atoms with Crippen molar-refractivity contribution in [2.75, 3.05) is 26.8 Å². The van der Waals surface area contributed by atoms with E-state index in [-0.39, 0.29) is 29.7 Å². The van der Waals surface area contributed by atoms with Gasteiger partial charge >= 0.3 is 0 Å². The second-order valence-corrected chi connectivity index (χ2v) is 9.39. The van der Waals surface area contributed by atoms with Crippen molar-refractivity contribution in [1.29, 1.82) is 0 Å². The van der Waals surface area contributed by atoms with Crippen LogP contribution in [0.5, 0.6) is 11.5 Å². The topological polar surface area (TPSA) is 83.7 Å². The smallest absolute Gasteiger partial charge is 0.242 e. The number of hydrogen-bond donors (Lipinski definition) is 2. The van der Waals surface area contributed by atoms with Gasteiger partial charge in [-0.15, -0.1) is 0 Å². The zero-order valence-corrected chi connectivity index (χ0v) is 20.4. The molecule has 184 valence electrons. The van der Waals surface area contributed by atoms with Crippen molar-refractivity contribution in [3.05, 3.63) is 59.8 Å². The van der Waals surface area contributed by atoms with Crippen molar-refractivity contribution in [3.63, 3.8) is 0 Å². The van der Waals surface area contributed by atoms with Gasteiger partial charge in [0.2, 0.25) is 11.8 Å². The number of likely N-dealkylation sites (tertiary alicyclic amines) is 1. The molecule has 35 heavy (non-hydrogen) atoms. The van der Waals surface area contributed by atoms with Crippen molar-refractivity contribution in [1.82, 2.24) is 15.2 Å². The van der Waals surface area contributed by atoms with Gasteiger partial charge < -0.3 is 24.7 Å². The third kappa shape index (κ3) is 4.72. The first-order valence-corrected chi connectivity index (χ1v) is 12.6. The number of benzene rings is 2. The van der Waals surface area contributed by atoms with Gasteiger partial charge in [0.05, 0.1) is 13.7 Å². The first kappa shape index (κ1) is 23.3. The predicted molar refractivity (Wildman–Crippen MR) is 135 cm³/mol. The van der Waals surface area contributed by atoms with Crippen LogP contribution in [-0.4, -0.2) is 54.5 Å². The number of amides is 2. The number of aromatic amines is 1. The maximum atomic E-state index is 13.3. The van der Waals surface area contributed by atoms with E-state index in [9.17, 15) is 9.59 Å². The number of para-hydroxylation sites is 1. The Morgan fingerprint density at radius 3 is 2.74 bits per heavy atom. The van der Waals surface area contributed by atoms with Gasteiger partial charge in [-0.1, -0.05) is 24.3 Å². The summed E-state index contributed by atoms with van der Waals surface area (Å²) in [6.45, 7) is 3.59. The first-order valence-electron chi connectivity index (χ1n) is 12.6. The number of rotatable bonds is 9. The molecule has 1 aromatic heterocycles. The number of nitrogens with one attached hydrogen (secondary N) is 2. The molecule has 7 nitrogen and oxygen atoms in total. The van der Waals surface area contributed by atoms with E-state index in [1.165, 1.54) is 0 Å². The molecule has 1 saturated heterocycles. The fourth-order valence-electron chi connectivity index (χ4n) is 5.15. The average Bonchev–Trinajstić information content (AvgIpc) is 3.46. The Kier molecular flexibility index (Phi) is 6.66. The number of aromatic nitrogens is 1. The number of carbonyl (C=O) groups is 2.